The summed E-state index contributed by atoms with van der Waals surface area (Å²) in [7, 11) is 0. The molecule has 6 nitrogen and oxygen atoms in total. The molecule has 30 heavy (non-hydrogen) atoms. The van der Waals surface area contributed by atoms with E-state index in [0.717, 1.165) is 18.3 Å². The first-order valence-corrected chi connectivity index (χ1v) is 8.72. The standard InChI is InChI=1S/C21H15F3N4O2/c1-9-16(21(30)28-15-5-4-13(22)18(24)17(9)15)10(2)20(29)27-11(3)19-14(23)6-12(7-25)8-26-19/h4-6,8,11H,2H2,1,3H3,(H,27,29)(H,28,30)/t11-/m0/s1. The molecule has 0 bridgehead atoms. The smallest absolute Gasteiger partial charge is 0.256 e. The number of aromatic amines is 1. The molecule has 2 heterocycles. The number of carbonyl (C=O) groups is 1. The van der Waals surface area contributed by atoms with Crippen molar-refractivity contribution < 1.29 is 18.0 Å². The third-order valence-corrected chi connectivity index (χ3v) is 4.65. The van der Waals surface area contributed by atoms with E-state index in [1.165, 1.54) is 19.9 Å². The number of nitrogens with one attached hydrogen (secondary N) is 2. The molecule has 9 heteroatoms. The summed E-state index contributed by atoms with van der Waals surface area (Å²) >= 11 is 0. The van der Waals surface area contributed by atoms with Crippen molar-refractivity contribution in [2.24, 2.45) is 0 Å². The van der Waals surface area contributed by atoms with Crippen LogP contribution in [0.2, 0.25) is 0 Å². The average molecular weight is 412 g/mol. The Morgan fingerprint density at radius 1 is 1.30 bits per heavy atom. The van der Waals surface area contributed by atoms with Gasteiger partial charge in [0, 0.05) is 17.2 Å². The Labute approximate surface area is 168 Å². The van der Waals surface area contributed by atoms with Gasteiger partial charge in [0.05, 0.1) is 28.4 Å². The average Bonchev–Trinajstić information content (AvgIpc) is 2.70. The van der Waals surface area contributed by atoms with Crippen molar-refractivity contribution in [3.8, 4) is 6.07 Å². The van der Waals surface area contributed by atoms with E-state index >= 15 is 0 Å². The maximum atomic E-state index is 14.3. The van der Waals surface area contributed by atoms with E-state index in [9.17, 15) is 22.8 Å². The van der Waals surface area contributed by atoms with Gasteiger partial charge in [-0.15, -0.1) is 0 Å². The summed E-state index contributed by atoms with van der Waals surface area (Å²) in [5.41, 5.74) is -1.21. The van der Waals surface area contributed by atoms with Gasteiger partial charge in [-0.2, -0.15) is 5.26 Å². The molecular formula is C21H15F3N4O2. The molecule has 1 amide bonds. The summed E-state index contributed by atoms with van der Waals surface area (Å²) in [6, 6.07) is 3.91. The van der Waals surface area contributed by atoms with Gasteiger partial charge in [-0.25, -0.2) is 13.2 Å². The molecule has 0 aliphatic heterocycles. The second-order valence-corrected chi connectivity index (χ2v) is 6.61. The topological polar surface area (TPSA) is 98.6 Å². The van der Waals surface area contributed by atoms with Gasteiger partial charge in [0.2, 0.25) is 0 Å². The largest absolute Gasteiger partial charge is 0.344 e. The second-order valence-electron chi connectivity index (χ2n) is 6.61. The number of nitrogens with zero attached hydrogens (tertiary/aromatic N) is 2. The zero-order valence-corrected chi connectivity index (χ0v) is 15.9. The van der Waals surface area contributed by atoms with Crippen molar-refractivity contribution in [3.63, 3.8) is 0 Å². The predicted molar refractivity (Wildman–Crippen MR) is 104 cm³/mol. The SMILES string of the molecule is C=C(C(=O)N[C@@H](C)c1ncc(C#N)cc1F)c1c(C)c2c(F)c(F)ccc2[nH]c1=O. The van der Waals surface area contributed by atoms with Crippen LogP contribution in [-0.2, 0) is 4.79 Å². The second kappa shape index (κ2) is 7.83. The number of hydrogen-bond donors (Lipinski definition) is 2. The van der Waals surface area contributed by atoms with Crippen LogP contribution in [0.4, 0.5) is 13.2 Å². The Bertz CT molecular complexity index is 1310. The summed E-state index contributed by atoms with van der Waals surface area (Å²) in [6.45, 7) is 6.42. The van der Waals surface area contributed by atoms with Crippen molar-refractivity contribution in [1.29, 1.82) is 5.26 Å². The van der Waals surface area contributed by atoms with E-state index in [2.05, 4.69) is 21.9 Å². The number of nitriles is 1. The van der Waals surface area contributed by atoms with Gasteiger partial charge >= 0.3 is 0 Å². The Kier molecular flexibility index (Phi) is 5.43. The minimum atomic E-state index is -1.16. The maximum absolute atomic E-state index is 14.3. The van der Waals surface area contributed by atoms with Gasteiger partial charge < -0.3 is 10.3 Å². The van der Waals surface area contributed by atoms with Crippen LogP contribution in [0.15, 0.2) is 35.8 Å². The van der Waals surface area contributed by atoms with Gasteiger partial charge in [0.1, 0.15) is 11.9 Å². The lowest BCUT2D eigenvalue weighted by Crippen LogP contribution is -2.30. The van der Waals surface area contributed by atoms with Crippen LogP contribution in [0, 0.1) is 35.7 Å². The van der Waals surface area contributed by atoms with Crippen LogP contribution < -0.4 is 10.9 Å². The monoisotopic (exact) mass is 412 g/mol. The molecule has 2 aromatic heterocycles. The number of rotatable bonds is 4. The van der Waals surface area contributed by atoms with Crippen molar-refractivity contribution >= 4 is 22.4 Å². The fourth-order valence-corrected chi connectivity index (χ4v) is 3.16. The summed E-state index contributed by atoms with van der Waals surface area (Å²) in [4.78, 5) is 31.3. The lowest BCUT2D eigenvalue weighted by molar-refractivity contribution is -0.116. The minimum absolute atomic E-state index is 0.0202. The molecule has 0 unspecified atom stereocenters. The number of halogens is 3. The number of pyridine rings is 2. The summed E-state index contributed by atoms with van der Waals surface area (Å²) in [5, 5.41) is 11.1. The molecule has 2 N–H and O–H groups in total. The lowest BCUT2D eigenvalue weighted by atomic mass is 9.98. The number of carbonyl (C=O) groups excluding carboxylic acids is 1. The molecular weight excluding hydrogens is 397 g/mol. The third kappa shape index (κ3) is 3.55. The minimum Gasteiger partial charge on any atom is -0.344 e. The van der Waals surface area contributed by atoms with Gasteiger partial charge in [0.25, 0.3) is 11.5 Å². The highest BCUT2D eigenvalue weighted by Gasteiger charge is 2.23. The van der Waals surface area contributed by atoms with Crippen LogP contribution in [0.5, 0.6) is 0 Å². The van der Waals surface area contributed by atoms with E-state index in [4.69, 9.17) is 5.26 Å². The molecule has 0 spiro atoms. The van der Waals surface area contributed by atoms with Crippen molar-refractivity contribution in [2.75, 3.05) is 0 Å². The van der Waals surface area contributed by atoms with Crippen LogP contribution >= 0.6 is 0 Å². The fraction of sp³-hybridized carbons (Fsp3) is 0.143. The first kappa shape index (κ1) is 20.8. The van der Waals surface area contributed by atoms with E-state index in [-0.39, 0.29) is 38.9 Å². The number of amides is 1. The van der Waals surface area contributed by atoms with Gasteiger partial charge in [0.15, 0.2) is 11.6 Å². The number of aryl methyl sites for hydroxylation is 1. The molecule has 1 atom stereocenters. The van der Waals surface area contributed by atoms with E-state index < -0.39 is 35.0 Å². The highest BCUT2D eigenvalue weighted by Crippen LogP contribution is 2.26. The molecule has 3 rings (SSSR count). The molecule has 3 aromatic rings. The molecule has 0 saturated heterocycles. The summed E-state index contributed by atoms with van der Waals surface area (Å²) in [6.07, 6.45) is 1.16. The van der Waals surface area contributed by atoms with Crippen molar-refractivity contribution in [1.82, 2.24) is 15.3 Å². The van der Waals surface area contributed by atoms with Gasteiger partial charge in [-0.1, -0.05) is 6.58 Å². The Hall–Kier alpha value is -3.93. The van der Waals surface area contributed by atoms with Gasteiger partial charge in [-0.3, -0.25) is 14.6 Å². The molecule has 0 radical (unpaired) electrons. The van der Waals surface area contributed by atoms with Crippen LogP contribution in [0.1, 0.15) is 35.3 Å². The number of benzene rings is 1. The Morgan fingerprint density at radius 2 is 2.00 bits per heavy atom. The number of H-pyrrole nitrogens is 1. The number of fused-ring (bicyclic) bond motifs is 1. The van der Waals surface area contributed by atoms with E-state index in [0.29, 0.717) is 0 Å². The molecule has 1 aromatic carbocycles. The van der Waals surface area contributed by atoms with Crippen LogP contribution in [0.3, 0.4) is 0 Å². The van der Waals surface area contributed by atoms with Crippen molar-refractivity contribution in [2.45, 2.75) is 19.9 Å². The third-order valence-electron chi connectivity index (χ3n) is 4.65. The normalized spacial score (nSPS) is 11.7. The highest BCUT2D eigenvalue weighted by molar-refractivity contribution is 6.19. The molecule has 0 aliphatic carbocycles. The fourth-order valence-electron chi connectivity index (χ4n) is 3.16. The first-order chi connectivity index (χ1) is 14.1. The Balaban J connectivity index is 1.96. The first-order valence-electron chi connectivity index (χ1n) is 8.72. The highest BCUT2D eigenvalue weighted by atomic mass is 19.2. The number of aromatic nitrogens is 2. The van der Waals surface area contributed by atoms with Crippen LogP contribution in [0.25, 0.3) is 16.5 Å². The lowest BCUT2D eigenvalue weighted by Gasteiger charge is -2.16. The quantitative estimate of drug-likeness (QED) is 0.642. The molecule has 152 valence electrons. The zero-order valence-electron chi connectivity index (χ0n) is 15.9. The summed E-state index contributed by atoms with van der Waals surface area (Å²) < 4.78 is 42.0. The molecule has 0 fully saturated rings. The Morgan fingerprint density at radius 3 is 2.63 bits per heavy atom. The summed E-state index contributed by atoms with van der Waals surface area (Å²) in [5.74, 6) is -3.87. The predicted octanol–water partition coefficient (Wildman–Crippen LogP) is 3.41. The maximum Gasteiger partial charge on any atom is 0.256 e. The molecule has 0 aliphatic rings. The van der Waals surface area contributed by atoms with Crippen LogP contribution in [-0.4, -0.2) is 15.9 Å². The van der Waals surface area contributed by atoms with Crippen molar-refractivity contribution in [3.05, 3.63) is 81.2 Å². The van der Waals surface area contributed by atoms with Gasteiger partial charge in [-0.05, 0) is 37.6 Å². The zero-order chi connectivity index (χ0) is 22.2. The van der Waals surface area contributed by atoms with E-state index in [1.807, 2.05) is 0 Å². The van der Waals surface area contributed by atoms with E-state index in [1.54, 1.807) is 6.07 Å². The number of hydrogen-bond acceptors (Lipinski definition) is 4. The molecule has 0 saturated carbocycles.